The Kier molecular flexibility index (Phi) is 26.9. The van der Waals surface area contributed by atoms with E-state index in [1.54, 1.807) is 60.0 Å². The highest BCUT2D eigenvalue weighted by Crippen LogP contribution is 2.40. The Morgan fingerprint density at radius 1 is 0.750 bits per heavy atom. The number of anilines is 2. The lowest BCUT2D eigenvalue weighted by Gasteiger charge is -2.32. The fourth-order valence-corrected chi connectivity index (χ4v) is 13.5. The molecule has 0 saturated heterocycles. The minimum atomic E-state index is -4.36. The van der Waals surface area contributed by atoms with Crippen LogP contribution in [0, 0.1) is 26.2 Å². The standard InChI is InChI=1S/C23H32N2O4.C16H18Cl2N2O4.C16H17N3O5S.C14H15N5O6S/c1-7-16-13-15(3)14-17(8-2)18(16)19-20(26)24-9-11-28-12-10-25(24)21(19)29-22(27)23(4,5)6;1-4-23-14(21)12-9-16(3,15(22)24-5-2)20(19-12)13-7-6-10(17)8-11(13)18;1-9-10(15(20)11-8-17-19(2)16(11)21)4-5-13(25(3,22)23)14(9)12-6-7-24-18-12;1-8-15-12(18-14(16-8)25-3)17-13(21)19-26(22,23)10-7-5-4-6-9(10)11(20)24-2/h13-14H,7-12H2,1-6H3;6-8H,4-5,9H2,1-3H3;4-5,8,17H,6-7H2,1-3H3;4-7H,1-3H3,(H2,15,16,17,18,19,21). The van der Waals surface area contributed by atoms with Crippen LogP contribution in [0.3, 0.4) is 0 Å². The molecule has 3 N–H and O–H groups in total. The molecule has 10 rings (SSSR count). The minimum Gasteiger partial charge on any atom is -0.467 e. The minimum absolute atomic E-state index is 0.00623. The van der Waals surface area contributed by atoms with Crippen LogP contribution in [0.15, 0.2) is 103 Å². The van der Waals surface area contributed by atoms with E-state index in [0.717, 1.165) is 49.0 Å². The maximum Gasteiger partial charge on any atom is 0.354 e. The molecule has 1 unspecified atom stereocenters. The van der Waals surface area contributed by atoms with Crippen LogP contribution in [0.1, 0.15) is 128 Å². The molecule has 0 saturated carbocycles. The number of esters is 4. The number of nitrogens with one attached hydrogen (secondary N) is 3. The van der Waals surface area contributed by atoms with Crippen LogP contribution >= 0.6 is 23.2 Å². The molecule has 0 radical (unpaired) electrons. The highest BCUT2D eigenvalue weighted by Gasteiger charge is 2.50. The summed E-state index contributed by atoms with van der Waals surface area (Å²) in [5, 5.41) is 15.2. The number of halogens is 2. The zero-order valence-electron chi connectivity index (χ0n) is 60.1. The number of aromatic amines is 1. The van der Waals surface area contributed by atoms with Crippen LogP contribution in [-0.4, -0.2) is 157 Å². The highest BCUT2D eigenvalue weighted by molar-refractivity contribution is 7.91. The predicted octanol–water partition coefficient (Wildman–Crippen LogP) is 8.44. The zero-order valence-corrected chi connectivity index (χ0v) is 63.2. The summed E-state index contributed by atoms with van der Waals surface area (Å²) in [6.07, 6.45) is 4.54. The molecule has 0 aliphatic carbocycles. The van der Waals surface area contributed by atoms with E-state index in [2.05, 4.69) is 73.3 Å². The SMILES string of the molecule is CCOC(=O)C1=NN(c2ccc(Cl)cc2Cl)C(C)(C(=O)OCC)C1.CCc1cc(C)cc(CC)c1-c1c(OC(=O)C(C)(C)C)n2n(c1=O)CCOCC2.COC(=O)c1ccccc1S(=O)(=O)NC(=O)Nc1nc(C)nc(OC)n1.Cc1c(C(=O)c2c[nH]n(C)c2=O)ccc(S(C)(=O)=O)c1C1=NOCC1. The summed E-state index contributed by atoms with van der Waals surface area (Å²) in [6.45, 7) is 22.6. The number of sulfone groups is 1. The van der Waals surface area contributed by atoms with Crippen molar-refractivity contribution in [1.82, 2.24) is 38.8 Å². The van der Waals surface area contributed by atoms with Gasteiger partial charge in [-0.3, -0.25) is 29.2 Å². The fraction of sp³-hybridized carbons (Fsp3) is 0.406. The third-order valence-corrected chi connectivity index (χ3v) is 19.1. The van der Waals surface area contributed by atoms with Crippen LogP contribution in [-0.2, 0) is 91.0 Å². The number of rotatable bonds is 18. The van der Waals surface area contributed by atoms with Gasteiger partial charge in [0.05, 0.1) is 86.0 Å². The number of hydrogen-bond acceptors (Lipinski definition) is 25. The molecule has 6 heterocycles. The number of aryl methyl sites for hydroxylation is 5. The molecule has 1 atom stereocenters. The van der Waals surface area contributed by atoms with Gasteiger partial charge in [-0.2, -0.15) is 20.1 Å². The van der Waals surface area contributed by atoms with Gasteiger partial charge in [0.1, 0.15) is 34.2 Å². The summed E-state index contributed by atoms with van der Waals surface area (Å²) in [5.41, 5.74) is 4.28. The van der Waals surface area contributed by atoms with Crippen molar-refractivity contribution in [2.45, 2.75) is 130 Å². The largest absolute Gasteiger partial charge is 0.467 e. The van der Waals surface area contributed by atoms with E-state index < -0.39 is 71.0 Å². The number of oxime groups is 1. The molecule has 3 aliphatic rings. The van der Waals surface area contributed by atoms with Crippen molar-refractivity contribution in [2.24, 2.45) is 22.7 Å². The lowest BCUT2D eigenvalue weighted by Crippen LogP contribution is -2.48. The van der Waals surface area contributed by atoms with Crippen molar-refractivity contribution in [3.63, 3.8) is 0 Å². The molecular weight excluding hydrogens is 1440 g/mol. The number of hydrazone groups is 1. The summed E-state index contributed by atoms with van der Waals surface area (Å²) in [7, 11) is -3.93. The van der Waals surface area contributed by atoms with Gasteiger partial charge in [-0.25, -0.2) is 55.1 Å². The number of carbonyl (C=O) groups is 6. The topological polar surface area (TPSA) is 391 Å². The molecule has 0 spiro atoms. The first-order valence-corrected chi connectivity index (χ1v) is 36.7. The van der Waals surface area contributed by atoms with Crippen LogP contribution < -0.4 is 35.6 Å². The number of ether oxygens (including phenoxy) is 6. The number of nitrogens with zero attached hydrogens (tertiary/aromatic N) is 9. The second-order valence-electron chi connectivity index (χ2n) is 24.6. The average molecular weight is 1520 g/mol. The zero-order chi connectivity index (χ0) is 76.9. The Morgan fingerprint density at radius 3 is 1.97 bits per heavy atom. The number of fused-ring (bicyclic) bond motifs is 1. The van der Waals surface area contributed by atoms with Gasteiger partial charge in [-0.15, -0.1) is 0 Å². The summed E-state index contributed by atoms with van der Waals surface area (Å²) in [4.78, 5) is 115. The van der Waals surface area contributed by atoms with Crippen molar-refractivity contribution >= 4 is 102 Å². The van der Waals surface area contributed by atoms with Crippen molar-refractivity contribution in [2.75, 3.05) is 63.8 Å². The molecular formula is C69H82Cl2N12O19S2. The molecule has 0 fully saturated rings. The Morgan fingerprint density at radius 2 is 1.40 bits per heavy atom. The molecule has 31 nitrogen and oxygen atoms in total. The van der Waals surface area contributed by atoms with E-state index in [1.165, 1.54) is 72.9 Å². The molecule has 104 heavy (non-hydrogen) atoms. The smallest absolute Gasteiger partial charge is 0.354 e. The Hall–Kier alpha value is -10.1. The van der Waals surface area contributed by atoms with Crippen LogP contribution in [0.25, 0.3) is 11.1 Å². The summed E-state index contributed by atoms with van der Waals surface area (Å²) in [5.74, 6) is -2.36. The van der Waals surface area contributed by atoms with Crippen molar-refractivity contribution in [1.29, 1.82) is 0 Å². The number of carbonyl (C=O) groups excluding carboxylic acids is 6. The molecule has 0 bridgehead atoms. The predicted molar refractivity (Wildman–Crippen MR) is 385 cm³/mol. The lowest BCUT2D eigenvalue weighted by atomic mass is 9.91. The maximum absolute atomic E-state index is 13.5. The quantitative estimate of drug-likeness (QED) is 0.0412. The van der Waals surface area contributed by atoms with Crippen LogP contribution in [0.5, 0.6) is 11.9 Å². The number of benzene rings is 4. The first kappa shape index (κ1) is 81.2. The van der Waals surface area contributed by atoms with E-state index >= 15 is 0 Å². The highest BCUT2D eigenvalue weighted by atomic mass is 35.5. The van der Waals surface area contributed by atoms with Crippen molar-refractivity contribution in [3.8, 4) is 23.0 Å². The van der Waals surface area contributed by atoms with Gasteiger partial charge in [-0.1, -0.05) is 72.0 Å². The van der Waals surface area contributed by atoms with E-state index in [4.69, 9.17) is 51.7 Å². The van der Waals surface area contributed by atoms with Crippen molar-refractivity contribution < 1.29 is 78.9 Å². The molecule has 7 aromatic rings. The van der Waals surface area contributed by atoms with Gasteiger partial charge in [-0.05, 0) is 140 Å². The molecule has 3 aromatic heterocycles. The molecule has 558 valence electrons. The summed E-state index contributed by atoms with van der Waals surface area (Å²) in [6, 6.07) is 16.0. The number of methoxy groups -OCH3 is 2. The van der Waals surface area contributed by atoms with Gasteiger partial charge in [0, 0.05) is 48.5 Å². The van der Waals surface area contributed by atoms with Gasteiger partial charge in [0.25, 0.3) is 21.1 Å². The van der Waals surface area contributed by atoms with Gasteiger partial charge >= 0.3 is 35.9 Å². The third-order valence-electron chi connectivity index (χ3n) is 16.0. The third kappa shape index (κ3) is 18.8. The van der Waals surface area contributed by atoms with E-state index in [0.29, 0.717) is 83.3 Å². The fourth-order valence-electron chi connectivity index (χ4n) is 11.0. The second-order valence-corrected chi connectivity index (χ2v) is 29.1. The number of sulfonamides is 1. The number of amides is 2. The van der Waals surface area contributed by atoms with E-state index in [-0.39, 0.29) is 76.2 Å². The van der Waals surface area contributed by atoms with E-state index in [1.807, 2.05) is 20.8 Å². The number of ketones is 1. The van der Waals surface area contributed by atoms with Crippen LogP contribution in [0.2, 0.25) is 10.0 Å². The first-order valence-electron chi connectivity index (χ1n) is 32.5. The molecule has 3 aliphatic heterocycles. The molecule has 2 amide bonds. The lowest BCUT2D eigenvalue weighted by molar-refractivity contribution is -0.148. The second kappa shape index (κ2) is 34.5. The Labute approximate surface area is 610 Å². The molecule has 35 heteroatoms. The normalized spacial score (nSPS) is 14.7. The van der Waals surface area contributed by atoms with Crippen LogP contribution in [0.4, 0.5) is 16.4 Å². The Balaban J connectivity index is 0.000000194. The number of urea groups is 1. The number of aromatic nitrogens is 7. The first-order chi connectivity index (χ1) is 49.0. The van der Waals surface area contributed by atoms with Gasteiger partial charge in [0.2, 0.25) is 11.8 Å². The Bertz CT molecular complexity index is 4860. The summed E-state index contributed by atoms with van der Waals surface area (Å²) >= 11 is 12.2. The van der Waals surface area contributed by atoms with Gasteiger partial charge in [0.15, 0.2) is 21.2 Å². The monoisotopic (exact) mass is 1520 g/mol. The van der Waals surface area contributed by atoms with E-state index in [9.17, 15) is 55.2 Å². The van der Waals surface area contributed by atoms with Crippen molar-refractivity contribution in [3.05, 3.63) is 154 Å². The van der Waals surface area contributed by atoms with Gasteiger partial charge < -0.3 is 38.4 Å². The summed E-state index contributed by atoms with van der Waals surface area (Å²) < 4.78 is 86.5. The average Bonchev–Trinajstić information content (AvgIpc) is 1.58. The maximum atomic E-state index is 13.5. The molecule has 4 aromatic carbocycles. The number of hydrogen-bond donors (Lipinski definition) is 3. The number of H-pyrrole nitrogens is 1.